The molecule has 1 atom stereocenters. The topological polar surface area (TPSA) is 67.4 Å². The predicted molar refractivity (Wildman–Crippen MR) is 78.8 cm³/mol. The van der Waals surface area contributed by atoms with Crippen LogP contribution in [0.2, 0.25) is 0 Å². The van der Waals surface area contributed by atoms with Crippen molar-refractivity contribution in [1.29, 1.82) is 0 Å². The van der Waals surface area contributed by atoms with Crippen molar-refractivity contribution in [2.75, 3.05) is 20.3 Å². The molecule has 0 bridgehead atoms. The average Bonchev–Trinajstić information content (AvgIpc) is 2.76. The van der Waals surface area contributed by atoms with Crippen LogP contribution in [-0.2, 0) is 9.53 Å². The molecule has 1 aromatic heterocycles. The molecule has 0 aromatic carbocycles. The van der Waals surface area contributed by atoms with Gasteiger partial charge in [-0.3, -0.25) is 9.59 Å². The van der Waals surface area contributed by atoms with Crippen molar-refractivity contribution in [3.8, 4) is 0 Å². The number of thiophene rings is 1. The number of hydrogen-bond donors (Lipinski definition) is 2. The maximum Gasteiger partial charge on any atom is 0.252 e. The number of carbonyl (C=O) groups excluding carboxylic acids is 2. The molecule has 0 aliphatic carbocycles. The fraction of sp³-hybridized carbons (Fsp3) is 0.455. The summed E-state index contributed by atoms with van der Waals surface area (Å²) in [6.45, 7) is 2.54. The third-order valence-electron chi connectivity index (χ3n) is 2.18. The Morgan fingerprint density at radius 3 is 2.83 bits per heavy atom. The summed E-state index contributed by atoms with van der Waals surface area (Å²) in [5, 5.41) is 7.09. The van der Waals surface area contributed by atoms with E-state index in [-0.39, 0.29) is 11.8 Å². The van der Waals surface area contributed by atoms with E-state index in [1.54, 1.807) is 25.5 Å². The molecular formula is C11H15IN2O3S. The van der Waals surface area contributed by atoms with Crippen molar-refractivity contribution in [3.63, 3.8) is 0 Å². The lowest BCUT2D eigenvalue weighted by molar-refractivity contribution is -0.122. The van der Waals surface area contributed by atoms with Crippen molar-refractivity contribution in [2.24, 2.45) is 0 Å². The molecule has 2 N–H and O–H groups in total. The van der Waals surface area contributed by atoms with Crippen LogP contribution in [0, 0.1) is 2.88 Å². The standard InChI is InChI=1S/C11H15IN2O3S/c1-7(10(15)13-3-4-17-2)14-11(16)8-5-9(12)18-6-8/h5-7H,3-4H2,1-2H3,(H,13,15)(H,14,16). The molecule has 2 amide bonds. The summed E-state index contributed by atoms with van der Waals surface area (Å²) in [7, 11) is 1.57. The van der Waals surface area contributed by atoms with Crippen LogP contribution in [0.15, 0.2) is 11.4 Å². The molecule has 0 fully saturated rings. The van der Waals surface area contributed by atoms with E-state index in [9.17, 15) is 9.59 Å². The van der Waals surface area contributed by atoms with Crippen molar-refractivity contribution < 1.29 is 14.3 Å². The summed E-state index contributed by atoms with van der Waals surface area (Å²) in [6.07, 6.45) is 0. The first-order chi connectivity index (χ1) is 8.54. The second kappa shape index (κ2) is 7.70. The zero-order valence-corrected chi connectivity index (χ0v) is 13.1. The molecule has 0 aliphatic heterocycles. The van der Waals surface area contributed by atoms with E-state index in [4.69, 9.17) is 4.74 Å². The zero-order chi connectivity index (χ0) is 13.5. The number of hydrogen-bond acceptors (Lipinski definition) is 4. The zero-order valence-electron chi connectivity index (χ0n) is 10.2. The Balaban J connectivity index is 2.41. The van der Waals surface area contributed by atoms with Gasteiger partial charge in [-0.25, -0.2) is 0 Å². The van der Waals surface area contributed by atoms with E-state index in [1.807, 2.05) is 0 Å². The molecule has 7 heteroatoms. The second-order valence-electron chi connectivity index (χ2n) is 3.62. The lowest BCUT2D eigenvalue weighted by Gasteiger charge is -2.13. The Morgan fingerprint density at radius 1 is 1.56 bits per heavy atom. The van der Waals surface area contributed by atoms with E-state index in [1.165, 1.54) is 11.3 Å². The van der Waals surface area contributed by atoms with Crippen LogP contribution >= 0.6 is 33.9 Å². The van der Waals surface area contributed by atoms with E-state index < -0.39 is 6.04 Å². The van der Waals surface area contributed by atoms with E-state index in [0.29, 0.717) is 18.7 Å². The van der Waals surface area contributed by atoms with Crippen LogP contribution in [0.25, 0.3) is 0 Å². The molecule has 1 unspecified atom stereocenters. The summed E-state index contributed by atoms with van der Waals surface area (Å²) in [5.41, 5.74) is 0.584. The highest BCUT2D eigenvalue weighted by molar-refractivity contribution is 14.1. The summed E-state index contributed by atoms with van der Waals surface area (Å²) in [5.74, 6) is -0.450. The van der Waals surface area contributed by atoms with Crippen LogP contribution in [0.1, 0.15) is 17.3 Å². The molecule has 1 aromatic rings. The minimum atomic E-state index is -0.563. The van der Waals surface area contributed by atoms with Crippen LogP contribution < -0.4 is 10.6 Å². The third kappa shape index (κ3) is 4.91. The van der Waals surface area contributed by atoms with E-state index in [0.717, 1.165) is 2.88 Å². The number of amides is 2. The van der Waals surface area contributed by atoms with Gasteiger partial charge >= 0.3 is 0 Å². The van der Waals surface area contributed by atoms with Crippen LogP contribution in [0.5, 0.6) is 0 Å². The fourth-order valence-electron chi connectivity index (χ4n) is 1.20. The van der Waals surface area contributed by atoms with Gasteiger partial charge in [-0.05, 0) is 35.6 Å². The van der Waals surface area contributed by atoms with Gasteiger partial charge in [0.05, 0.1) is 15.1 Å². The SMILES string of the molecule is COCCNC(=O)C(C)NC(=O)c1csc(I)c1. The van der Waals surface area contributed by atoms with Crippen molar-refractivity contribution in [3.05, 3.63) is 19.9 Å². The highest BCUT2D eigenvalue weighted by Gasteiger charge is 2.16. The molecule has 0 saturated carbocycles. The summed E-state index contributed by atoms with van der Waals surface area (Å²) >= 11 is 3.64. The van der Waals surface area contributed by atoms with Crippen molar-refractivity contribution >= 4 is 45.7 Å². The van der Waals surface area contributed by atoms with Gasteiger partial charge in [0.2, 0.25) is 5.91 Å². The number of carbonyl (C=O) groups is 2. The average molecular weight is 382 g/mol. The first kappa shape index (κ1) is 15.4. The Kier molecular flexibility index (Phi) is 6.58. The van der Waals surface area contributed by atoms with Gasteiger partial charge < -0.3 is 15.4 Å². The number of halogens is 1. The Bertz CT molecular complexity index is 422. The van der Waals surface area contributed by atoms with Gasteiger partial charge in [0, 0.05) is 19.0 Å². The molecule has 0 saturated heterocycles. The quantitative estimate of drug-likeness (QED) is 0.575. The number of rotatable bonds is 6. The van der Waals surface area contributed by atoms with Crippen LogP contribution in [-0.4, -0.2) is 38.1 Å². The normalized spacial score (nSPS) is 11.9. The van der Waals surface area contributed by atoms with Crippen LogP contribution in [0.4, 0.5) is 0 Å². The number of ether oxygens (including phenoxy) is 1. The Morgan fingerprint density at radius 2 is 2.28 bits per heavy atom. The lowest BCUT2D eigenvalue weighted by atomic mass is 10.2. The van der Waals surface area contributed by atoms with Gasteiger partial charge in [0.25, 0.3) is 5.91 Å². The smallest absolute Gasteiger partial charge is 0.252 e. The van der Waals surface area contributed by atoms with Crippen molar-refractivity contribution in [2.45, 2.75) is 13.0 Å². The third-order valence-corrected chi connectivity index (χ3v) is 3.96. The minimum absolute atomic E-state index is 0.217. The Hall–Kier alpha value is -0.670. The highest BCUT2D eigenvalue weighted by Crippen LogP contribution is 2.16. The minimum Gasteiger partial charge on any atom is -0.383 e. The monoisotopic (exact) mass is 382 g/mol. The van der Waals surface area contributed by atoms with Gasteiger partial charge in [0.15, 0.2) is 0 Å². The molecular weight excluding hydrogens is 367 g/mol. The first-order valence-corrected chi connectivity index (χ1v) is 7.32. The summed E-state index contributed by atoms with van der Waals surface area (Å²) in [4.78, 5) is 23.4. The van der Waals surface area contributed by atoms with Crippen molar-refractivity contribution in [1.82, 2.24) is 10.6 Å². The molecule has 0 spiro atoms. The summed E-state index contributed by atoms with van der Waals surface area (Å²) < 4.78 is 5.86. The first-order valence-electron chi connectivity index (χ1n) is 5.36. The number of methoxy groups -OCH3 is 1. The van der Waals surface area contributed by atoms with Gasteiger partial charge in [0.1, 0.15) is 6.04 Å². The lowest BCUT2D eigenvalue weighted by Crippen LogP contribution is -2.45. The molecule has 1 rings (SSSR count). The highest BCUT2D eigenvalue weighted by atomic mass is 127. The summed E-state index contributed by atoms with van der Waals surface area (Å²) in [6, 6.07) is 1.22. The largest absolute Gasteiger partial charge is 0.383 e. The molecule has 18 heavy (non-hydrogen) atoms. The molecule has 0 radical (unpaired) electrons. The molecule has 0 aliphatic rings. The molecule has 5 nitrogen and oxygen atoms in total. The Labute approximate surface area is 123 Å². The maximum atomic E-state index is 11.8. The molecule has 100 valence electrons. The van der Waals surface area contributed by atoms with Crippen LogP contribution in [0.3, 0.4) is 0 Å². The van der Waals surface area contributed by atoms with E-state index >= 15 is 0 Å². The van der Waals surface area contributed by atoms with Gasteiger partial charge in [-0.15, -0.1) is 11.3 Å². The second-order valence-corrected chi connectivity index (χ2v) is 6.42. The predicted octanol–water partition coefficient (Wildman–Crippen LogP) is 1.23. The maximum absolute atomic E-state index is 11.8. The van der Waals surface area contributed by atoms with E-state index in [2.05, 4.69) is 33.2 Å². The fourth-order valence-corrected chi connectivity index (χ4v) is 2.53. The molecule has 1 heterocycles. The van der Waals surface area contributed by atoms with Gasteiger partial charge in [-0.2, -0.15) is 0 Å². The number of nitrogens with one attached hydrogen (secondary N) is 2. The van der Waals surface area contributed by atoms with Gasteiger partial charge in [-0.1, -0.05) is 0 Å².